The highest BCUT2D eigenvalue weighted by Gasteiger charge is 2.18. The minimum absolute atomic E-state index is 0.213. The number of methoxy groups -OCH3 is 1. The molecule has 1 saturated heterocycles. The minimum Gasteiger partial charge on any atom is -0.466 e. The molecule has 1 N–H and O–H groups in total. The molecule has 4 heteroatoms. The van der Waals surface area contributed by atoms with Crippen LogP contribution in [-0.2, 0) is 9.53 Å². The van der Waals surface area contributed by atoms with Crippen LogP contribution in [0.3, 0.4) is 0 Å². The maximum atomic E-state index is 11.3. The van der Waals surface area contributed by atoms with Crippen LogP contribution in [-0.4, -0.2) is 51.2 Å². The summed E-state index contributed by atoms with van der Waals surface area (Å²) in [6.45, 7) is 6.12. The zero-order valence-corrected chi connectivity index (χ0v) is 11.2. The predicted octanol–water partition coefficient (Wildman–Crippen LogP) is 1.04. The Morgan fingerprint density at radius 2 is 2.35 bits per heavy atom. The van der Waals surface area contributed by atoms with Crippen molar-refractivity contribution in [2.75, 3.05) is 40.3 Å². The van der Waals surface area contributed by atoms with E-state index in [1.54, 1.807) is 0 Å². The second-order valence-corrected chi connectivity index (χ2v) is 4.65. The molecule has 0 amide bonds. The third kappa shape index (κ3) is 4.88. The van der Waals surface area contributed by atoms with Crippen molar-refractivity contribution in [3.63, 3.8) is 0 Å². The summed E-state index contributed by atoms with van der Waals surface area (Å²) in [4.78, 5) is 13.7. The maximum absolute atomic E-state index is 11.3. The van der Waals surface area contributed by atoms with Crippen LogP contribution in [0.25, 0.3) is 0 Å². The Morgan fingerprint density at radius 1 is 1.59 bits per heavy atom. The van der Waals surface area contributed by atoms with Gasteiger partial charge in [-0.25, -0.2) is 4.79 Å². The van der Waals surface area contributed by atoms with Gasteiger partial charge in [-0.15, -0.1) is 0 Å². The van der Waals surface area contributed by atoms with Gasteiger partial charge in [-0.3, -0.25) is 0 Å². The van der Waals surface area contributed by atoms with Crippen molar-refractivity contribution in [2.45, 2.75) is 19.8 Å². The Bertz CT molecular complexity index is 277. The number of ether oxygens (including phenoxy) is 1. The van der Waals surface area contributed by atoms with Crippen molar-refractivity contribution < 1.29 is 9.53 Å². The standard InChI is InChI=1S/C13H24N2O2/c1-4-12(13(16)17-3)5-7-14-9-11-6-8-15(2)10-11/h5,11,14H,4,6-10H2,1-3H3. The number of carbonyl (C=O) groups is 1. The first kappa shape index (κ1) is 14.2. The molecule has 0 aromatic heterocycles. The highest BCUT2D eigenvalue weighted by molar-refractivity contribution is 5.88. The number of hydrogen-bond donors (Lipinski definition) is 1. The van der Waals surface area contributed by atoms with Gasteiger partial charge in [-0.2, -0.15) is 0 Å². The quantitative estimate of drug-likeness (QED) is 0.428. The van der Waals surface area contributed by atoms with E-state index in [-0.39, 0.29) is 5.97 Å². The van der Waals surface area contributed by atoms with E-state index in [1.807, 2.05) is 13.0 Å². The van der Waals surface area contributed by atoms with Gasteiger partial charge in [-0.1, -0.05) is 13.0 Å². The van der Waals surface area contributed by atoms with Crippen LogP contribution in [0.1, 0.15) is 19.8 Å². The van der Waals surface area contributed by atoms with Gasteiger partial charge >= 0.3 is 5.97 Å². The van der Waals surface area contributed by atoms with Crippen LogP contribution in [0.5, 0.6) is 0 Å². The number of esters is 1. The van der Waals surface area contributed by atoms with Gasteiger partial charge in [-0.05, 0) is 38.9 Å². The SMILES string of the molecule is CCC(=CCNCC1CCN(C)C1)C(=O)OC. The molecular formula is C13H24N2O2. The third-order valence-electron chi connectivity index (χ3n) is 3.24. The van der Waals surface area contributed by atoms with Crippen LogP contribution >= 0.6 is 0 Å². The summed E-state index contributed by atoms with van der Waals surface area (Å²) in [6, 6.07) is 0. The normalized spacial score (nSPS) is 21.8. The summed E-state index contributed by atoms with van der Waals surface area (Å²) in [7, 11) is 3.58. The Balaban J connectivity index is 2.21. The first-order valence-electron chi connectivity index (χ1n) is 6.34. The lowest BCUT2D eigenvalue weighted by Gasteiger charge is -2.10. The van der Waals surface area contributed by atoms with Crippen molar-refractivity contribution in [2.24, 2.45) is 5.92 Å². The van der Waals surface area contributed by atoms with Gasteiger partial charge in [0.1, 0.15) is 0 Å². The molecule has 1 rings (SSSR count). The number of rotatable bonds is 6. The molecule has 0 aromatic carbocycles. The fourth-order valence-electron chi connectivity index (χ4n) is 2.18. The van der Waals surface area contributed by atoms with Crippen molar-refractivity contribution in [3.05, 3.63) is 11.6 Å². The summed E-state index contributed by atoms with van der Waals surface area (Å²) in [5.74, 6) is 0.534. The minimum atomic E-state index is -0.213. The smallest absolute Gasteiger partial charge is 0.333 e. The van der Waals surface area contributed by atoms with E-state index >= 15 is 0 Å². The van der Waals surface area contributed by atoms with E-state index in [0.29, 0.717) is 0 Å². The van der Waals surface area contributed by atoms with E-state index < -0.39 is 0 Å². The second kappa shape index (κ2) is 7.45. The van der Waals surface area contributed by atoms with Gasteiger partial charge in [0.15, 0.2) is 0 Å². The van der Waals surface area contributed by atoms with Crippen molar-refractivity contribution in [3.8, 4) is 0 Å². The molecule has 1 heterocycles. The molecule has 1 aliphatic heterocycles. The average molecular weight is 240 g/mol. The number of nitrogens with zero attached hydrogens (tertiary/aromatic N) is 1. The Morgan fingerprint density at radius 3 is 2.88 bits per heavy atom. The van der Waals surface area contributed by atoms with Crippen LogP contribution in [0.15, 0.2) is 11.6 Å². The van der Waals surface area contributed by atoms with Crippen molar-refractivity contribution >= 4 is 5.97 Å². The van der Waals surface area contributed by atoms with E-state index in [1.165, 1.54) is 26.6 Å². The lowest BCUT2D eigenvalue weighted by atomic mass is 10.1. The van der Waals surface area contributed by atoms with E-state index in [0.717, 1.165) is 31.0 Å². The monoisotopic (exact) mass is 240 g/mol. The molecule has 0 aromatic rings. The number of nitrogens with one attached hydrogen (secondary N) is 1. The molecule has 4 nitrogen and oxygen atoms in total. The van der Waals surface area contributed by atoms with Crippen LogP contribution in [0.2, 0.25) is 0 Å². The summed E-state index contributed by atoms with van der Waals surface area (Å²) in [5, 5.41) is 3.38. The molecule has 1 atom stereocenters. The largest absolute Gasteiger partial charge is 0.466 e. The van der Waals surface area contributed by atoms with Gasteiger partial charge in [0.25, 0.3) is 0 Å². The molecule has 0 saturated carbocycles. The predicted molar refractivity (Wildman–Crippen MR) is 68.9 cm³/mol. The molecule has 17 heavy (non-hydrogen) atoms. The lowest BCUT2D eigenvalue weighted by Crippen LogP contribution is -2.25. The van der Waals surface area contributed by atoms with Crippen LogP contribution in [0.4, 0.5) is 0 Å². The molecule has 1 fully saturated rings. The van der Waals surface area contributed by atoms with Crippen molar-refractivity contribution in [1.29, 1.82) is 0 Å². The van der Waals surface area contributed by atoms with Gasteiger partial charge in [0.2, 0.25) is 0 Å². The molecule has 1 aliphatic rings. The Labute approximate surface area is 104 Å². The molecule has 0 aliphatic carbocycles. The number of likely N-dealkylation sites (tertiary alicyclic amines) is 1. The van der Waals surface area contributed by atoms with E-state index in [2.05, 4.69) is 17.3 Å². The van der Waals surface area contributed by atoms with Crippen LogP contribution in [0, 0.1) is 5.92 Å². The molecular weight excluding hydrogens is 216 g/mol. The average Bonchev–Trinajstić information content (AvgIpc) is 2.74. The zero-order chi connectivity index (χ0) is 12.7. The Hall–Kier alpha value is -0.870. The molecule has 0 spiro atoms. The van der Waals surface area contributed by atoms with E-state index in [9.17, 15) is 4.79 Å². The van der Waals surface area contributed by atoms with Gasteiger partial charge in [0, 0.05) is 18.7 Å². The summed E-state index contributed by atoms with van der Waals surface area (Å²) in [5.41, 5.74) is 0.753. The summed E-state index contributed by atoms with van der Waals surface area (Å²) >= 11 is 0. The zero-order valence-electron chi connectivity index (χ0n) is 11.2. The van der Waals surface area contributed by atoms with Gasteiger partial charge in [0.05, 0.1) is 7.11 Å². The first-order valence-corrected chi connectivity index (χ1v) is 6.34. The molecule has 98 valence electrons. The topological polar surface area (TPSA) is 41.6 Å². The number of hydrogen-bond acceptors (Lipinski definition) is 4. The van der Waals surface area contributed by atoms with Crippen LogP contribution < -0.4 is 5.32 Å². The number of carbonyl (C=O) groups excluding carboxylic acids is 1. The third-order valence-corrected chi connectivity index (χ3v) is 3.24. The summed E-state index contributed by atoms with van der Waals surface area (Å²) in [6.07, 6.45) is 3.93. The summed E-state index contributed by atoms with van der Waals surface area (Å²) < 4.78 is 4.71. The fourth-order valence-corrected chi connectivity index (χ4v) is 2.18. The second-order valence-electron chi connectivity index (χ2n) is 4.65. The molecule has 1 unspecified atom stereocenters. The van der Waals surface area contributed by atoms with Gasteiger partial charge < -0.3 is 15.0 Å². The fraction of sp³-hybridized carbons (Fsp3) is 0.769. The molecule has 0 bridgehead atoms. The van der Waals surface area contributed by atoms with E-state index in [4.69, 9.17) is 4.74 Å². The Kier molecular flexibility index (Phi) is 6.22. The maximum Gasteiger partial charge on any atom is 0.333 e. The highest BCUT2D eigenvalue weighted by atomic mass is 16.5. The highest BCUT2D eigenvalue weighted by Crippen LogP contribution is 2.12. The first-order chi connectivity index (χ1) is 8.17. The molecule has 0 radical (unpaired) electrons. The lowest BCUT2D eigenvalue weighted by molar-refractivity contribution is -0.136. The van der Waals surface area contributed by atoms with Crippen molar-refractivity contribution in [1.82, 2.24) is 10.2 Å².